The molecule has 0 aliphatic heterocycles. The van der Waals surface area contributed by atoms with Crippen LogP contribution in [0.15, 0.2) is 0 Å². The molecular formula is C14H32. The summed E-state index contributed by atoms with van der Waals surface area (Å²) in [6, 6.07) is 0. The van der Waals surface area contributed by atoms with Gasteiger partial charge < -0.3 is 0 Å². The van der Waals surface area contributed by atoms with Crippen molar-refractivity contribution in [1.82, 2.24) is 0 Å². The Hall–Kier alpha value is 0. The van der Waals surface area contributed by atoms with Gasteiger partial charge in [0, 0.05) is 0 Å². The summed E-state index contributed by atoms with van der Waals surface area (Å²) in [5.74, 6) is 1.60. The summed E-state index contributed by atoms with van der Waals surface area (Å²) in [5.41, 5.74) is 1.00. The van der Waals surface area contributed by atoms with Crippen LogP contribution in [0.4, 0.5) is 0 Å². The second-order valence-corrected chi connectivity index (χ2v) is 7.04. The van der Waals surface area contributed by atoms with Crippen LogP contribution in [0.25, 0.3) is 0 Å². The zero-order valence-electron chi connectivity index (χ0n) is 12.2. The first-order valence-electron chi connectivity index (χ1n) is 5.89. The third-order valence-electron chi connectivity index (χ3n) is 3.46. The van der Waals surface area contributed by atoms with Crippen molar-refractivity contribution in [2.24, 2.45) is 22.7 Å². The molecule has 0 saturated heterocycles. The van der Waals surface area contributed by atoms with Gasteiger partial charge in [0.15, 0.2) is 0 Å². The van der Waals surface area contributed by atoms with Gasteiger partial charge in [-0.15, -0.1) is 0 Å². The van der Waals surface area contributed by atoms with E-state index < -0.39 is 0 Å². The van der Waals surface area contributed by atoms with Crippen LogP contribution in [0.2, 0.25) is 0 Å². The van der Waals surface area contributed by atoms with E-state index in [1.54, 1.807) is 0 Å². The molecule has 0 rings (SSSR count). The van der Waals surface area contributed by atoms with Crippen LogP contribution < -0.4 is 0 Å². The van der Waals surface area contributed by atoms with Crippen molar-refractivity contribution in [3.05, 3.63) is 0 Å². The molecule has 88 valence electrons. The average Bonchev–Trinajstić information content (AvgIpc) is 1.83. The van der Waals surface area contributed by atoms with Gasteiger partial charge in [-0.25, -0.2) is 0 Å². The lowest BCUT2D eigenvalue weighted by Gasteiger charge is -2.22. The van der Waals surface area contributed by atoms with Gasteiger partial charge in [-0.05, 0) is 22.7 Å². The van der Waals surface area contributed by atoms with Gasteiger partial charge in [-0.3, -0.25) is 0 Å². The zero-order chi connectivity index (χ0) is 12.2. The van der Waals surface area contributed by atoms with Crippen molar-refractivity contribution in [3.63, 3.8) is 0 Å². The van der Waals surface area contributed by atoms with E-state index >= 15 is 0 Å². The maximum Gasteiger partial charge on any atom is -0.0360 e. The minimum absolute atomic E-state index is 0.500. The highest BCUT2D eigenvalue weighted by Crippen LogP contribution is 2.24. The van der Waals surface area contributed by atoms with Gasteiger partial charge >= 0.3 is 0 Å². The molecule has 0 heterocycles. The third kappa shape index (κ3) is 10.1. The molecular weight excluding hydrogens is 168 g/mol. The van der Waals surface area contributed by atoms with Crippen LogP contribution >= 0.6 is 0 Å². The van der Waals surface area contributed by atoms with E-state index in [-0.39, 0.29) is 0 Å². The number of hydrogen-bond acceptors (Lipinski definition) is 0. The predicted octanol–water partition coefficient (Wildman–Crippen LogP) is 5.38. The molecule has 0 atom stereocenters. The van der Waals surface area contributed by atoms with Crippen LogP contribution in [-0.4, -0.2) is 0 Å². The first-order chi connectivity index (χ1) is 5.89. The van der Waals surface area contributed by atoms with Crippen LogP contribution in [0.1, 0.15) is 69.2 Å². The minimum Gasteiger partial charge on any atom is -0.0623 e. The Balaban J connectivity index is 0. The lowest BCUT2D eigenvalue weighted by Crippen LogP contribution is -2.12. The van der Waals surface area contributed by atoms with E-state index in [0.29, 0.717) is 10.8 Å². The topological polar surface area (TPSA) is 0 Å². The van der Waals surface area contributed by atoms with Gasteiger partial charge in [0.1, 0.15) is 0 Å². The van der Waals surface area contributed by atoms with E-state index in [0.717, 1.165) is 11.8 Å². The van der Waals surface area contributed by atoms with Gasteiger partial charge in [0.2, 0.25) is 0 Å². The fourth-order valence-corrected chi connectivity index (χ4v) is 0. The highest BCUT2D eigenvalue weighted by atomic mass is 14.2. The molecule has 0 aromatic heterocycles. The highest BCUT2D eigenvalue weighted by Gasteiger charge is 2.14. The zero-order valence-corrected chi connectivity index (χ0v) is 12.2. The Bertz CT molecular complexity index is 109. The lowest BCUT2D eigenvalue weighted by atomic mass is 9.84. The summed E-state index contributed by atoms with van der Waals surface area (Å²) in [4.78, 5) is 0. The largest absolute Gasteiger partial charge is 0.0623 e. The fourth-order valence-electron chi connectivity index (χ4n) is 0. The Kier molecular flexibility index (Phi) is 6.78. The molecule has 0 amide bonds. The highest BCUT2D eigenvalue weighted by molar-refractivity contribution is 4.64. The Labute approximate surface area is 92.5 Å². The van der Waals surface area contributed by atoms with Crippen LogP contribution in [0.5, 0.6) is 0 Å². The van der Waals surface area contributed by atoms with Crippen LogP contribution in [0.3, 0.4) is 0 Å². The Morgan fingerprint density at radius 2 is 0.571 bits per heavy atom. The van der Waals surface area contributed by atoms with Crippen molar-refractivity contribution < 1.29 is 0 Å². The van der Waals surface area contributed by atoms with Crippen LogP contribution in [0, 0.1) is 22.7 Å². The van der Waals surface area contributed by atoms with Crippen molar-refractivity contribution >= 4 is 0 Å². The molecule has 0 spiro atoms. The molecule has 0 saturated carbocycles. The van der Waals surface area contributed by atoms with Gasteiger partial charge in [0.25, 0.3) is 0 Å². The summed E-state index contributed by atoms with van der Waals surface area (Å²) in [6.45, 7) is 22.6. The number of hydrogen-bond donors (Lipinski definition) is 0. The standard InChI is InChI=1S/2C7H16/c2*1-6(2)7(3,4)5/h2*6H,1-5H3. The molecule has 0 heteroatoms. The summed E-state index contributed by atoms with van der Waals surface area (Å²) < 4.78 is 0. The quantitative estimate of drug-likeness (QED) is 0.492. The Morgan fingerprint density at radius 3 is 0.571 bits per heavy atom. The molecule has 0 fully saturated rings. The van der Waals surface area contributed by atoms with E-state index in [2.05, 4.69) is 69.2 Å². The van der Waals surface area contributed by atoms with E-state index in [1.165, 1.54) is 0 Å². The molecule has 0 bridgehead atoms. The van der Waals surface area contributed by atoms with E-state index in [9.17, 15) is 0 Å². The molecule has 0 aromatic carbocycles. The molecule has 14 heavy (non-hydrogen) atoms. The second kappa shape index (κ2) is 5.78. The van der Waals surface area contributed by atoms with Crippen molar-refractivity contribution in [3.8, 4) is 0 Å². The SMILES string of the molecule is CC(C)C(C)(C)C.CC(C)C(C)(C)C. The van der Waals surface area contributed by atoms with Crippen molar-refractivity contribution in [2.45, 2.75) is 69.2 Å². The predicted molar refractivity (Wildman–Crippen MR) is 68.6 cm³/mol. The molecule has 0 nitrogen and oxygen atoms in total. The average molecular weight is 200 g/mol. The molecule has 0 radical (unpaired) electrons. The normalized spacial score (nSPS) is 12.9. The van der Waals surface area contributed by atoms with Crippen molar-refractivity contribution in [1.29, 1.82) is 0 Å². The van der Waals surface area contributed by atoms with E-state index in [4.69, 9.17) is 0 Å². The maximum absolute atomic E-state index is 2.26. The molecule has 0 aliphatic rings. The van der Waals surface area contributed by atoms with E-state index in [1.807, 2.05) is 0 Å². The second-order valence-electron chi connectivity index (χ2n) is 7.04. The van der Waals surface area contributed by atoms with Gasteiger partial charge in [0.05, 0.1) is 0 Å². The molecule has 0 aliphatic carbocycles. The molecule has 0 unspecified atom stereocenters. The third-order valence-corrected chi connectivity index (χ3v) is 3.46. The van der Waals surface area contributed by atoms with Gasteiger partial charge in [-0.2, -0.15) is 0 Å². The van der Waals surface area contributed by atoms with Crippen LogP contribution in [-0.2, 0) is 0 Å². The summed E-state index contributed by atoms with van der Waals surface area (Å²) in [6.07, 6.45) is 0. The summed E-state index contributed by atoms with van der Waals surface area (Å²) in [5, 5.41) is 0. The first-order valence-corrected chi connectivity index (χ1v) is 5.89. The first kappa shape index (κ1) is 16.4. The minimum atomic E-state index is 0.500. The maximum atomic E-state index is 2.26. The smallest absolute Gasteiger partial charge is 0.0360 e. The number of rotatable bonds is 0. The molecule has 0 aromatic rings. The lowest BCUT2D eigenvalue weighted by molar-refractivity contribution is 0.283. The monoisotopic (exact) mass is 200 g/mol. The summed E-state index contributed by atoms with van der Waals surface area (Å²) >= 11 is 0. The summed E-state index contributed by atoms with van der Waals surface area (Å²) in [7, 11) is 0. The molecule has 0 N–H and O–H groups in total. The Morgan fingerprint density at radius 1 is 0.500 bits per heavy atom. The fraction of sp³-hybridized carbons (Fsp3) is 1.00. The van der Waals surface area contributed by atoms with Gasteiger partial charge in [-0.1, -0.05) is 69.2 Å². The van der Waals surface area contributed by atoms with Crippen molar-refractivity contribution in [2.75, 3.05) is 0 Å².